The van der Waals surface area contributed by atoms with Gasteiger partial charge in [-0.05, 0) is 36.8 Å². The predicted molar refractivity (Wildman–Crippen MR) is 93.2 cm³/mol. The van der Waals surface area contributed by atoms with E-state index in [1.165, 1.54) is 11.0 Å². The fraction of sp³-hybridized carbons (Fsp3) is 0.263. The highest BCUT2D eigenvalue weighted by atomic mass is 16.3. The zero-order valence-electron chi connectivity index (χ0n) is 14.0. The Balaban J connectivity index is 1.61. The lowest BCUT2D eigenvalue weighted by Crippen LogP contribution is -2.55. The first-order valence-electron chi connectivity index (χ1n) is 8.28. The Hall–Kier alpha value is -3.24. The van der Waals surface area contributed by atoms with Crippen LogP contribution in [0.2, 0.25) is 0 Å². The lowest BCUT2D eigenvalue weighted by atomic mass is 10.0. The molecule has 0 saturated carbocycles. The van der Waals surface area contributed by atoms with Gasteiger partial charge in [0.25, 0.3) is 11.8 Å². The highest BCUT2D eigenvalue weighted by molar-refractivity contribution is 5.95. The second-order valence-corrected chi connectivity index (χ2v) is 6.09. The number of aliphatic hydroxyl groups is 1. The zero-order valence-corrected chi connectivity index (χ0v) is 14.0. The summed E-state index contributed by atoms with van der Waals surface area (Å²) in [6.45, 7) is 0.536. The van der Waals surface area contributed by atoms with Crippen LogP contribution in [0.4, 0.5) is 0 Å². The van der Waals surface area contributed by atoms with Gasteiger partial charge < -0.3 is 15.3 Å². The number of hydrogen-bond acceptors (Lipinski definition) is 5. The van der Waals surface area contributed by atoms with E-state index in [2.05, 4.69) is 10.3 Å². The van der Waals surface area contributed by atoms with Crippen LogP contribution in [0, 0.1) is 11.3 Å². The Bertz CT molecular complexity index is 847. The quantitative estimate of drug-likeness (QED) is 0.857. The molecule has 1 saturated heterocycles. The molecular formula is C19H18N4O3. The monoisotopic (exact) mass is 350 g/mol. The molecule has 2 heterocycles. The van der Waals surface area contributed by atoms with Gasteiger partial charge in [0.2, 0.25) is 0 Å². The van der Waals surface area contributed by atoms with Gasteiger partial charge in [-0.1, -0.05) is 12.1 Å². The van der Waals surface area contributed by atoms with Gasteiger partial charge in [-0.2, -0.15) is 5.26 Å². The van der Waals surface area contributed by atoms with Crippen molar-refractivity contribution in [3.63, 3.8) is 0 Å². The summed E-state index contributed by atoms with van der Waals surface area (Å²) in [6.07, 6.45) is 1.11. The molecule has 1 aromatic heterocycles. The fourth-order valence-electron chi connectivity index (χ4n) is 2.92. The van der Waals surface area contributed by atoms with E-state index in [1.807, 2.05) is 6.07 Å². The molecule has 1 aromatic carbocycles. The van der Waals surface area contributed by atoms with Gasteiger partial charge in [0.1, 0.15) is 5.69 Å². The van der Waals surface area contributed by atoms with Crippen molar-refractivity contribution in [2.24, 2.45) is 0 Å². The van der Waals surface area contributed by atoms with E-state index in [9.17, 15) is 14.7 Å². The zero-order chi connectivity index (χ0) is 18.5. The van der Waals surface area contributed by atoms with Gasteiger partial charge in [-0.3, -0.25) is 14.6 Å². The average molecular weight is 350 g/mol. The first-order chi connectivity index (χ1) is 12.6. The SMILES string of the molecule is N#Cc1cccc(C(=O)N[C@@H]2CCN(C(=O)c3ccccn3)C[C@H]2O)c1. The Labute approximate surface area is 150 Å². The summed E-state index contributed by atoms with van der Waals surface area (Å²) in [7, 11) is 0. The third-order valence-electron chi connectivity index (χ3n) is 4.32. The highest BCUT2D eigenvalue weighted by Crippen LogP contribution is 2.15. The second kappa shape index (κ2) is 7.76. The standard InChI is InChI=1S/C19H18N4O3/c20-11-13-4-3-5-14(10-13)18(25)22-15-7-9-23(12-17(15)24)19(26)16-6-1-2-8-21-16/h1-6,8,10,15,17,24H,7,9,12H2,(H,22,25)/t15-,17-/m1/s1. The number of piperidine rings is 1. The number of β-amino-alcohol motifs (C(OH)–C–C–N with tert-alkyl or cyclic N) is 1. The summed E-state index contributed by atoms with van der Waals surface area (Å²) in [4.78, 5) is 30.3. The number of hydrogen-bond donors (Lipinski definition) is 2. The molecule has 0 aliphatic carbocycles. The van der Waals surface area contributed by atoms with Crippen molar-refractivity contribution in [1.29, 1.82) is 5.26 Å². The lowest BCUT2D eigenvalue weighted by Gasteiger charge is -2.36. The van der Waals surface area contributed by atoms with Crippen molar-refractivity contribution < 1.29 is 14.7 Å². The van der Waals surface area contributed by atoms with Crippen LogP contribution in [-0.2, 0) is 0 Å². The van der Waals surface area contributed by atoms with Gasteiger partial charge in [0.05, 0.1) is 23.8 Å². The summed E-state index contributed by atoms with van der Waals surface area (Å²) in [5, 5.41) is 22.1. The van der Waals surface area contributed by atoms with Crippen molar-refractivity contribution in [1.82, 2.24) is 15.2 Å². The molecule has 3 rings (SSSR count). The number of nitriles is 1. The predicted octanol–water partition coefficient (Wildman–Crippen LogP) is 0.959. The Morgan fingerprint density at radius 3 is 2.81 bits per heavy atom. The van der Waals surface area contributed by atoms with Gasteiger partial charge in [0.15, 0.2) is 0 Å². The van der Waals surface area contributed by atoms with Crippen LogP contribution < -0.4 is 5.32 Å². The number of nitrogens with zero attached hydrogens (tertiary/aromatic N) is 3. The molecule has 1 aliphatic rings. The van der Waals surface area contributed by atoms with E-state index < -0.39 is 12.1 Å². The summed E-state index contributed by atoms with van der Waals surface area (Å²) >= 11 is 0. The first-order valence-corrected chi connectivity index (χ1v) is 8.28. The van der Waals surface area contributed by atoms with Crippen LogP contribution in [0.25, 0.3) is 0 Å². The van der Waals surface area contributed by atoms with E-state index in [-0.39, 0.29) is 18.4 Å². The molecule has 2 atom stereocenters. The van der Waals surface area contributed by atoms with Crippen LogP contribution in [0.1, 0.15) is 32.8 Å². The van der Waals surface area contributed by atoms with Crippen molar-refractivity contribution in [3.05, 3.63) is 65.5 Å². The van der Waals surface area contributed by atoms with Gasteiger partial charge in [0, 0.05) is 24.8 Å². The van der Waals surface area contributed by atoms with Crippen molar-refractivity contribution in [2.75, 3.05) is 13.1 Å². The van der Waals surface area contributed by atoms with E-state index >= 15 is 0 Å². The van der Waals surface area contributed by atoms with E-state index in [0.29, 0.717) is 29.8 Å². The third kappa shape index (κ3) is 3.87. The molecule has 2 aromatic rings. The lowest BCUT2D eigenvalue weighted by molar-refractivity contribution is 0.0311. The average Bonchev–Trinajstić information content (AvgIpc) is 2.69. The molecule has 0 spiro atoms. The second-order valence-electron chi connectivity index (χ2n) is 6.09. The molecule has 132 valence electrons. The van der Waals surface area contributed by atoms with Crippen molar-refractivity contribution in [3.8, 4) is 6.07 Å². The van der Waals surface area contributed by atoms with Crippen LogP contribution in [0.3, 0.4) is 0 Å². The first kappa shape index (κ1) is 17.6. The number of likely N-dealkylation sites (tertiary alicyclic amines) is 1. The summed E-state index contributed by atoms with van der Waals surface area (Å²) in [5.74, 6) is -0.591. The molecule has 0 bridgehead atoms. The van der Waals surface area contributed by atoms with Crippen LogP contribution in [0.15, 0.2) is 48.7 Å². The largest absolute Gasteiger partial charge is 0.389 e. The van der Waals surface area contributed by atoms with Gasteiger partial charge in [-0.25, -0.2) is 0 Å². The van der Waals surface area contributed by atoms with Crippen molar-refractivity contribution >= 4 is 11.8 Å². The van der Waals surface area contributed by atoms with Gasteiger partial charge >= 0.3 is 0 Å². The number of amides is 2. The molecule has 7 nitrogen and oxygen atoms in total. The molecular weight excluding hydrogens is 332 g/mol. The molecule has 0 unspecified atom stereocenters. The highest BCUT2D eigenvalue weighted by Gasteiger charge is 2.32. The smallest absolute Gasteiger partial charge is 0.272 e. The maximum atomic E-state index is 12.4. The minimum absolute atomic E-state index is 0.124. The van der Waals surface area contributed by atoms with E-state index in [4.69, 9.17) is 5.26 Å². The molecule has 0 radical (unpaired) electrons. The molecule has 7 heteroatoms. The minimum atomic E-state index is -0.875. The van der Waals surface area contributed by atoms with Crippen LogP contribution in [0.5, 0.6) is 0 Å². The summed E-state index contributed by atoms with van der Waals surface area (Å²) in [5.41, 5.74) is 1.09. The Morgan fingerprint density at radius 1 is 1.27 bits per heavy atom. The maximum absolute atomic E-state index is 12.4. The maximum Gasteiger partial charge on any atom is 0.272 e. The number of carbonyl (C=O) groups excluding carboxylic acids is 2. The molecule has 2 amide bonds. The van der Waals surface area contributed by atoms with E-state index in [0.717, 1.165) is 0 Å². The summed E-state index contributed by atoms with van der Waals surface area (Å²) in [6, 6.07) is 13.0. The van der Waals surface area contributed by atoms with Gasteiger partial charge in [-0.15, -0.1) is 0 Å². The fourth-order valence-corrected chi connectivity index (χ4v) is 2.92. The number of carbonyl (C=O) groups is 2. The molecule has 2 N–H and O–H groups in total. The van der Waals surface area contributed by atoms with Crippen LogP contribution >= 0.6 is 0 Å². The topological polar surface area (TPSA) is 106 Å². The Kier molecular flexibility index (Phi) is 5.25. The molecule has 1 aliphatic heterocycles. The van der Waals surface area contributed by atoms with Crippen LogP contribution in [-0.4, -0.2) is 52.0 Å². The summed E-state index contributed by atoms with van der Waals surface area (Å²) < 4.78 is 0. The number of benzene rings is 1. The van der Waals surface area contributed by atoms with Crippen molar-refractivity contribution in [2.45, 2.75) is 18.6 Å². The molecule has 1 fully saturated rings. The number of nitrogens with one attached hydrogen (secondary N) is 1. The number of rotatable bonds is 3. The van der Waals surface area contributed by atoms with E-state index in [1.54, 1.807) is 42.6 Å². The number of aromatic nitrogens is 1. The number of pyridine rings is 1. The number of aliphatic hydroxyl groups excluding tert-OH is 1. The third-order valence-corrected chi connectivity index (χ3v) is 4.32. The minimum Gasteiger partial charge on any atom is -0.389 e. The Morgan fingerprint density at radius 2 is 2.12 bits per heavy atom. The normalized spacial score (nSPS) is 19.5. The molecule has 26 heavy (non-hydrogen) atoms.